The van der Waals surface area contributed by atoms with Crippen LogP contribution in [-0.4, -0.2) is 21.2 Å². The highest BCUT2D eigenvalue weighted by Crippen LogP contribution is 2.18. The van der Waals surface area contributed by atoms with Crippen LogP contribution >= 0.6 is 0 Å². The number of rotatable bonds is 5. The number of aromatic nitrogens is 2. The molecular weight excluding hydrogens is 310 g/mol. The molecule has 7 heteroatoms. The summed E-state index contributed by atoms with van der Waals surface area (Å²) in [5.74, 6) is -0.874. The minimum absolute atomic E-state index is 0.0656. The Bertz CT molecular complexity index is 957. The van der Waals surface area contributed by atoms with Crippen LogP contribution in [0.25, 0.3) is 11.1 Å². The molecule has 2 heterocycles. The summed E-state index contributed by atoms with van der Waals surface area (Å²) < 4.78 is 6.39. The Balaban J connectivity index is 1.64. The van der Waals surface area contributed by atoms with Gasteiger partial charge >= 0.3 is 5.76 Å². The Labute approximate surface area is 136 Å². The minimum Gasteiger partial charge on any atom is -0.408 e. The standard InChI is InChI=1S/C17H15N3O4/c1-20-13-9-12(4-6-15(13)24-17(20)23)19-16(22)7-5-14(21)11-3-2-8-18-10-11/h2-4,6,8-10H,5,7H2,1H3,(H,19,22). The Hall–Kier alpha value is -3.22. The fourth-order valence-electron chi connectivity index (χ4n) is 2.33. The summed E-state index contributed by atoms with van der Waals surface area (Å²) in [5.41, 5.74) is 2.06. The van der Waals surface area contributed by atoms with E-state index in [0.29, 0.717) is 22.4 Å². The van der Waals surface area contributed by atoms with Crippen LogP contribution in [0, 0.1) is 0 Å². The molecule has 0 atom stereocenters. The molecule has 0 bridgehead atoms. The van der Waals surface area contributed by atoms with Crippen LogP contribution < -0.4 is 11.1 Å². The molecule has 0 unspecified atom stereocenters. The lowest BCUT2D eigenvalue weighted by Crippen LogP contribution is -2.14. The number of amides is 1. The second-order valence-corrected chi connectivity index (χ2v) is 5.32. The van der Waals surface area contributed by atoms with Gasteiger partial charge in [-0.05, 0) is 30.3 Å². The van der Waals surface area contributed by atoms with Crippen molar-refractivity contribution in [1.82, 2.24) is 9.55 Å². The van der Waals surface area contributed by atoms with Gasteiger partial charge in [0, 0.05) is 43.5 Å². The van der Waals surface area contributed by atoms with Gasteiger partial charge in [0.2, 0.25) is 5.91 Å². The molecular formula is C17H15N3O4. The van der Waals surface area contributed by atoms with Crippen molar-refractivity contribution in [3.8, 4) is 0 Å². The molecule has 122 valence electrons. The van der Waals surface area contributed by atoms with Gasteiger partial charge in [0.15, 0.2) is 11.4 Å². The largest absolute Gasteiger partial charge is 0.419 e. The number of pyridine rings is 1. The lowest BCUT2D eigenvalue weighted by atomic mass is 10.1. The summed E-state index contributed by atoms with van der Waals surface area (Å²) in [6.07, 6.45) is 3.23. The van der Waals surface area contributed by atoms with Crippen LogP contribution in [0.2, 0.25) is 0 Å². The van der Waals surface area contributed by atoms with Crippen molar-refractivity contribution in [2.75, 3.05) is 5.32 Å². The molecule has 2 aromatic heterocycles. The van der Waals surface area contributed by atoms with E-state index in [0.717, 1.165) is 0 Å². The number of carbonyl (C=O) groups excluding carboxylic acids is 2. The van der Waals surface area contributed by atoms with Crippen LogP contribution in [0.3, 0.4) is 0 Å². The first kappa shape index (κ1) is 15.7. The second-order valence-electron chi connectivity index (χ2n) is 5.32. The minimum atomic E-state index is -0.462. The number of benzene rings is 1. The smallest absolute Gasteiger partial charge is 0.408 e. The third kappa shape index (κ3) is 3.24. The number of ketones is 1. The van der Waals surface area contributed by atoms with Crippen molar-refractivity contribution in [3.05, 3.63) is 58.8 Å². The van der Waals surface area contributed by atoms with Crippen LogP contribution in [0.1, 0.15) is 23.2 Å². The quantitative estimate of drug-likeness (QED) is 0.725. The number of carbonyl (C=O) groups is 2. The molecule has 0 saturated heterocycles. The van der Waals surface area contributed by atoms with Crippen molar-refractivity contribution in [2.45, 2.75) is 12.8 Å². The summed E-state index contributed by atoms with van der Waals surface area (Å²) in [7, 11) is 1.59. The molecule has 0 fully saturated rings. The van der Waals surface area contributed by atoms with E-state index in [1.807, 2.05) is 0 Å². The average molecular weight is 325 g/mol. The van der Waals surface area contributed by atoms with E-state index in [1.54, 1.807) is 43.6 Å². The first-order chi connectivity index (χ1) is 11.5. The number of Topliss-reactive ketones (excluding diaryl/α,β-unsaturated/α-hetero) is 1. The van der Waals surface area contributed by atoms with Crippen LogP contribution in [0.15, 0.2) is 51.9 Å². The van der Waals surface area contributed by atoms with E-state index in [9.17, 15) is 14.4 Å². The van der Waals surface area contributed by atoms with Gasteiger partial charge in [0.1, 0.15) is 0 Å². The van der Waals surface area contributed by atoms with Gasteiger partial charge in [-0.15, -0.1) is 0 Å². The highest BCUT2D eigenvalue weighted by Gasteiger charge is 2.11. The second kappa shape index (κ2) is 6.49. The molecule has 0 aliphatic heterocycles. The van der Waals surface area contributed by atoms with E-state index in [-0.39, 0.29) is 24.5 Å². The highest BCUT2D eigenvalue weighted by atomic mass is 16.4. The normalized spacial score (nSPS) is 10.7. The molecule has 0 aliphatic rings. The summed E-state index contributed by atoms with van der Waals surface area (Å²) in [4.78, 5) is 39.3. The Kier molecular flexibility index (Phi) is 4.24. The first-order valence-corrected chi connectivity index (χ1v) is 7.37. The average Bonchev–Trinajstić information content (AvgIpc) is 2.88. The first-order valence-electron chi connectivity index (χ1n) is 7.37. The number of hydrogen-bond acceptors (Lipinski definition) is 5. The molecule has 0 radical (unpaired) electrons. The summed E-state index contributed by atoms with van der Waals surface area (Å²) in [6, 6.07) is 8.26. The summed E-state index contributed by atoms with van der Waals surface area (Å²) >= 11 is 0. The predicted octanol–water partition coefficient (Wildman–Crippen LogP) is 2.13. The third-order valence-electron chi connectivity index (χ3n) is 3.64. The number of fused-ring (bicyclic) bond motifs is 1. The van der Waals surface area contributed by atoms with Crippen molar-refractivity contribution in [3.63, 3.8) is 0 Å². The van der Waals surface area contributed by atoms with Crippen molar-refractivity contribution in [1.29, 1.82) is 0 Å². The van der Waals surface area contributed by atoms with E-state index in [1.165, 1.54) is 10.8 Å². The van der Waals surface area contributed by atoms with Crippen molar-refractivity contribution in [2.24, 2.45) is 7.05 Å². The molecule has 3 rings (SSSR count). The zero-order chi connectivity index (χ0) is 17.1. The molecule has 7 nitrogen and oxygen atoms in total. The molecule has 24 heavy (non-hydrogen) atoms. The monoisotopic (exact) mass is 325 g/mol. The van der Waals surface area contributed by atoms with Crippen LogP contribution in [0.5, 0.6) is 0 Å². The Morgan fingerprint density at radius 1 is 1.25 bits per heavy atom. The predicted molar refractivity (Wildman–Crippen MR) is 87.9 cm³/mol. The van der Waals surface area contributed by atoms with Crippen LogP contribution in [-0.2, 0) is 11.8 Å². The van der Waals surface area contributed by atoms with Crippen molar-refractivity contribution >= 4 is 28.5 Å². The Morgan fingerprint density at radius 3 is 2.83 bits per heavy atom. The van der Waals surface area contributed by atoms with E-state index >= 15 is 0 Å². The van der Waals surface area contributed by atoms with Crippen molar-refractivity contribution < 1.29 is 14.0 Å². The van der Waals surface area contributed by atoms with E-state index < -0.39 is 5.76 Å². The molecule has 1 aromatic carbocycles. The molecule has 0 saturated carbocycles. The SMILES string of the molecule is Cn1c(=O)oc2ccc(NC(=O)CCC(=O)c3cccnc3)cc21. The molecule has 0 aliphatic carbocycles. The van der Waals surface area contributed by atoms with Gasteiger partial charge in [-0.1, -0.05) is 0 Å². The van der Waals surface area contributed by atoms with Gasteiger partial charge in [-0.3, -0.25) is 19.1 Å². The maximum absolute atomic E-state index is 12.0. The third-order valence-corrected chi connectivity index (χ3v) is 3.64. The number of nitrogens with zero attached hydrogens (tertiary/aromatic N) is 2. The number of hydrogen-bond donors (Lipinski definition) is 1. The lowest BCUT2D eigenvalue weighted by Gasteiger charge is -2.05. The number of aryl methyl sites for hydroxylation is 1. The maximum atomic E-state index is 12.0. The van der Waals surface area contributed by atoms with Gasteiger partial charge in [0.25, 0.3) is 0 Å². The Morgan fingerprint density at radius 2 is 2.08 bits per heavy atom. The zero-order valence-corrected chi connectivity index (χ0v) is 13.0. The fraction of sp³-hybridized carbons (Fsp3) is 0.176. The zero-order valence-electron chi connectivity index (χ0n) is 13.0. The fourth-order valence-corrected chi connectivity index (χ4v) is 2.33. The topological polar surface area (TPSA) is 94.2 Å². The summed E-state index contributed by atoms with van der Waals surface area (Å²) in [6.45, 7) is 0. The van der Waals surface area contributed by atoms with E-state index in [4.69, 9.17) is 4.42 Å². The molecule has 1 amide bonds. The maximum Gasteiger partial charge on any atom is 0.419 e. The van der Waals surface area contributed by atoms with Crippen LogP contribution in [0.4, 0.5) is 5.69 Å². The van der Waals surface area contributed by atoms with Gasteiger partial charge < -0.3 is 9.73 Å². The number of oxazole rings is 1. The van der Waals surface area contributed by atoms with E-state index in [2.05, 4.69) is 10.3 Å². The number of nitrogens with one attached hydrogen (secondary N) is 1. The number of anilines is 1. The molecule has 1 N–H and O–H groups in total. The summed E-state index contributed by atoms with van der Waals surface area (Å²) in [5, 5.41) is 2.71. The van der Waals surface area contributed by atoms with Gasteiger partial charge in [-0.2, -0.15) is 0 Å². The highest BCUT2D eigenvalue weighted by molar-refractivity contribution is 6.00. The van der Waals surface area contributed by atoms with Gasteiger partial charge in [0.05, 0.1) is 5.52 Å². The lowest BCUT2D eigenvalue weighted by molar-refractivity contribution is -0.116. The van der Waals surface area contributed by atoms with Gasteiger partial charge in [-0.25, -0.2) is 4.79 Å². The molecule has 3 aromatic rings. The molecule has 0 spiro atoms.